The van der Waals surface area contributed by atoms with Crippen molar-refractivity contribution in [3.8, 4) is 0 Å². The van der Waals surface area contributed by atoms with Gasteiger partial charge in [-0.2, -0.15) is 0 Å². The number of rotatable bonds is 3. The molecular formula is C16H22O2. The second-order valence-corrected chi connectivity index (χ2v) is 5.48. The number of fused-ring (bicyclic) bond motifs is 2. The molecule has 3 rings (SSSR count). The highest BCUT2D eigenvalue weighted by atomic mass is 16.7. The minimum Gasteiger partial charge on any atom is -0.353 e. The van der Waals surface area contributed by atoms with Crippen LogP contribution in [0.25, 0.3) is 0 Å². The summed E-state index contributed by atoms with van der Waals surface area (Å²) in [6, 6.07) is 0. The fourth-order valence-electron chi connectivity index (χ4n) is 3.12. The van der Waals surface area contributed by atoms with Crippen molar-refractivity contribution in [3.63, 3.8) is 0 Å². The van der Waals surface area contributed by atoms with Crippen molar-refractivity contribution in [1.82, 2.24) is 0 Å². The van der Waals surface area contributed by atoms with Crippen LogP contribution in [0.1, 0.15) is 32.1 Å². The highest BCUT2D eigenvalue weighted by Gasteiger charge is 2.26. The van der Waals surface area contributed by atoms with Crippen LogP contribution in [-0.4, -0.2) is 19.5 Å². The van der Waals surface area contributed by atoms with Crippen molar-refractivity contribution in [1.29, 1.82) is 0 Å². The lowest BCUT2D eigenvalue weighted by atomic mass is 10.0. The van der Waals surface area contributed by atoms with Crippen LogP contribution < -0.4 is 0 Å². The van der Waals surface area contributed by atoms with Crippen LogP contribution in [0.3, 0.4) is 0 Å². The molecular weight excluding hydrogens is 224 g/mol. The average Bonchev–Trinajstić information content (AvgIpc) is 2.62. The molecule has 0 radical (unpaired) electrons. The standard InChI is InChI=1S/C16H22O2/c1-2-6-14-11-13(5-1)12-15(14)8-10-18-16-7-3-4-9-17-16/h1-2,5-6,8,13-14,16H,3-4,7,9-12H2/b15-8+/t13-,14+,16?/m1/s1. The molecule has 2 aliphatic carbocycles. The highest BCUT2D eigenvalue weighted by Crippen LogP contribution is 2.38. The Morgan fingerprint density at radius 3 is 3.11 bits per heavy atom. The first-order valence-electron chi connectivity index (χ1n) is 7.19. The second-order valence-electron chi connectivity index (χ2n) is 5.48. The SMILES string of the molecule is C1=C[C@H]2C/C(=C\COC3CCCCO3)[C@@H](C=C1)C2. The van der Waals surface area contributed by atoms with Crippen LogP contribution in [-0.2, 0) is 9.47 Å². The first-order chi connectivity index (χ1) is 8.92. The quantitative estimate of drug-likeness (QED) is 0.708. The van der Waals surface area contributed by atoms with E-state index in [9.17, 15) is 0 Å². The molecule has 0 aromatic rings. The predicted octanol–water partition coefficient (Wildman–Crippen LogP) is 3.61. The molecule has 0 N–H and O–H groups in total. The van der Waals surface area contributed by atoms with Gasteiger partial charge in [-0.25, -0.2) is 0 Å². The van der Waals surface area contributed by atoms with Crippen LogP contribution in [0.2, 0.25) is 0 Å². The summed E-state index contributed by atoms with van der Waals surface area (Å²) in [5, 5.41) is 0. The maximum atomic E-state index is 5.78. The number of hydrogen-bond acceptors (Lipinski definition) is 2. The van der Waals surface area contributed by atoms with E-state index in [1.807, 2.05) is 0 Å². The van der Waals surface area contributed by atoms with E-state index < -0.39 is 0 Å². The number of ether oxygens (including phenoxy) is 2. The Morgan fingerprint density at radius 2 is 2.22 bits per heavy atom. The van der Waals surface area contributed by atoms with Gasteiger partial charge in [0.05, 0.1) is 6.61 Å². The van der Waals surface area contributed by atoms with Crippen LogP contribution in [0, 0.1) is 11.8 Å². The summed E-state index contributed by atoms with van der Waals surface area (Å²) < 4.78 is 11.4. The van der Waals surface area contributed by atoms with E-state index in [0.29, 0.717) is 12.5 Å². The molecule has 0 amide bonds. The second kappa shape index (κ2) is 5.85. The first-order valence-corrected chi connectivity index (χ1v) is 7.19. The summed E-state index contributed by atoms with van der Waals surface area (Å²) in [6.07, 6.45) is 17.3. The third kappa shape index (κ3) is 2.93. The summed E-state index contributed by atoms with van der Waals surface area (Å²) >= 11 is 0. The van der Waals surface area contributed by atoms with E-state index in [1.165, 1.54) is 25.7 Å². The lowest BCUT2D eigenvalue weighted by Crippen LogP contribution is -2.22. The third-order valence-corrected chi connectivity index (χ3v) is 4.13. The van der Waals surface area contributed by atoms with Gasteiger partial charge in [-0.3, -0.25) is 0 Å². The molecule has 3 aliphatic rings. The van der Waals surface area contributed by atoms with Crippen LogP contribution in [0.4, 0.5) is 0 Å². The van der Waals surface area contributed by atoms with Crippen LogP contribution in [0.15, 0.2) is 36.0 Å². The molecule has 1 unspecified atom stereocenters. The Balaban J connectivity index is 1.51. The van der Waals surface area contributed by atoms with Gasteiger partial charge < -0.3 is 9.47 Å². The van der Waals surface area contributed by atoms with Gasteiger partial charge in [0.1, 0.15) is 0 Å². The van der Waals surface area contributed by atoms with E-state index in [0.717, 1.165) is 18.9 Å². The van der Waals surface area contributed by atoms with E-state index >= 15 is 0 Å². The Morgan fingerprint density at radius 1 is 1.28 bits per heavy atom. The normalized spacial score (nSPS) is 37.1. The molecule has 1 saturated carbocycles. The third-order valence-electron chi connectivity index (χ3n) is 4.13. The summed E-state index contributed by atoms with van der Waals surface area (Å²) in [5.74, 6) is 1.38. The molecule has 3 atom stereocenters. The Labute approximate surface area is 109 Å². The molecule has 98 valence electrons. The van der Waals surface area contributed by atoms with E-state index in [2.05, 4.69) is 30.4 Å². The van der Waals surface area contributed by atoms with E-state index in [-0.39, 0.29) is 6.29 Å². The van der Waals surface area contributed by atoms with E-state index in [4.69, 9.17) is 9.47 Å². The Bertz CT molecular complexity index is 361. The van der Waals surface area contributed by atoms with Gasteiger partial charge in [0, 0.05) is 6.61 Å². The van der Waals surface area contributed by atoms with Gasteiger partial charge in [0.15, 0.2) is 6.29 Å². The minimum absolute atomic E-state index is 0.0367. The molecule has 2 nitrogen and oxygen atoms in total. The largest absolute Gasteiger partial charge is 0.353 e. The minimum atomic E-state index is 0.0367. The number of allylic oxidation sites excluding steroid dienone is 5. The van der Waals surface area contributed by atoms with Gasteiger partial charge in [-0.1, -0.05) is 36.0 Å². The zero-order valence-corrected chi connectivity index (χ0v) is 10.9. The lowest BCUT2D eigenvalue weighted by molar-refractivity contribution is -0.155. The molecule has 2 fully saturated rings. The first kappa shape index (κ1) is 12.2. The average molecular weight is 246 g/mol. The molecule has 2 heteroatoms. The van der Waals surface area contributed by atoms with Crippen molar-refractivity contribution in [2.24, 2.45) is 11.8 Å². The number of hydrogen-bond donors (Lipinski definition) is 0. The molecule has 0 aromatic carbocycles. The smallest absolute Gasteiger partial charge is 0.157 e. The van der Waals surface area contributed by atoms with Gasteiger partial charge in [0.25, 0.3) is 0 Å². The fourth-order valence-corrected chi connectivity index (χ4v) is 3.12. The monoisotopic (exact) mass is 246 g/mol. The molecule has 18 heavy (non-hydrogen) atoms. The molecule has 1 aliphatic heterocycles. The summed E-state index contributed by atoms with van der Waals surface area (Å²) in [5.41, 5.74) is 1.55. The zero-order valence-electron chi connectivity index (χ0n) is 10.9. The van der Waals surface area contributed by atoms with Crippen LogP contribution in [0.5, 0.6) is 0 Å². The molecule has 0 spiro atoms. The van der Waals surface area contributed by atoms with Crippen molar-refractivity contribution < 1.29 is 9.47 Å². The predicted molar refractivity (Wildman–Crippen MR) is 72.1 cm³/mol. The maximum Gasteiger partial charge on any atom is 0.157 e. The van der Waals surface area contributed by atoms with Crippen molar-refractivity contribution in [2.45, 2.75) is 38.4 Å². The summed E-state index contributed by atoms with van der Waals surface area (Å²) in [4.78, 5) is 0. The highest BCUT2D eigenvalue weighted by molar-refractivity contribution is 5.26. The van der Waals surface area contributed by atoms with Crippen molar-refractivity contribution >= 4 is 0 Å². The summed E-state index contributed by atoms with van der Waals surface area (Å²) in [6.45, 7) is 1.57. The lowest BCUT2D eigenvalue weighted by Gasteiger charge is -2.22. The Hall–Kier alpha value is -0.860. The molecule has 1 heterocycles. The van der Waals surface area contributed by atoms with Crippen molar-refractivity contribution in [3.05, 3.63) is 36.0 Å². The van der Waals surface area contributed by atoms with Gasteiger partial charge >= 0.3 is 0 Å². The summed E-state index contributed by atoms with van der Waals surface area (Å²) in [7, 11) is 0. The van der Waals surface area contributed by atoms with Crippen molar-refractivity contribution in [2.75, 3.05) is 13.2 Å². The molecule has 0 aromatic heterocycles. The van der Waals surface area contributed by atoms with Crippen LogP contribution >= 0.6 is 0 Å². The fraction of sp³-hybridized carbons (Fsp3) is 0.625. The zero-order chi connectivity index (χ0) is 12.2. The van der Waals surface area contributed by atoms with Gasteiger partial charge in [-0.15, -0.1) is 0 Å². The topological polar surface area (TPSA) is 18.5 Å². The van der Waals surface area contributed by atoms with Gasteiger partial charge in [-0.05, 0) is 43.9 Å². The Kier molecular flexibility index (Phi) is 3.96. The maximum absolute atomic E-state index is 5.78. The molecule has 2 bridgehead atoms. The molecule has 1 saturated heterocycles. The van der Waals surface area contributed by atoms with E-state index in [1.54, 1.807) is 5.57 Å². The van der Waals surface area contributed by atoms with Gasteiger partial charge in [0.2, 0.25) is 0 Å².